The van der Waals surface area contributed by atoms with Gasteiger partial charge in [0.2, 0.25) is 5.91 Å². The first-order chi connectivity index (χ1) is 12.9. The van der Waals surface area contributed by atoms with E-state index in [-0.39, 0.29) is 23.6 Å². The van der Waals surface area contributed by atoms with Gasteiger partial charge in [0.1, 0.15) is 0 Å². The molecule has 8 heteroatoms. The van der Waals surface area contributed by atoms with E-state index in [2.05, 4.69) is 10.1 Å². The molecule has 7 nitrogen and oxygen atoms in total. The molecule has 27 heavy (non-hydrogen) atoms. The Bertz CT molecular complexity index is 922. The highest BCUT2D eigenvalue weighted by atomic mass is 35.5. The first-order valence-electron chi connectivity index (χ1n) is 8.05. The maximum absolute atomic E-state index is 12.3. The summed E-state index contributed by atoms with van der Waals surface area (Å²) in [6, 6.07) is 10.9. The third kappa shape index (κ3) is 3.68. The summed E-state index contributed by atoms with van der Waals surface area (Å²) in [6.45, 7) is -0.0460. The van der Waals surface area contributed by atoms with E-state index in [0.717, 1.165) is 4.90 Å². The van der Waals surface area contributed by atoms with Gasteiger partial charge < -0.3 is 10.1 Å². The number of methoxy groups -OCH3 is 1. The Hall–Kier alpha value is -3.19. The monoisotopic (exact) mass is 386 g/mol. The van der Waals surface area contributed by atoms with Gasteiger partial charge in [0.05, 0.1) is 28.8 Å². The van der Waals surface area contributed by atoms with Crippen molar-refractivity contribution in [2.24, 2.45) is 0 Å². The minimum atomic E-state index is -0.623. The van der Waals surface area contributed by atoms with Crippen molar-refractivity contribution >= 4 is 41.0 Å². The summed E-state index contributed by atoms with van der Waals surface area (Å²) in [5.41, 5.74) is 1.15. The van der Waals surface area contributed by atoms with Crippen molar-refractivity contribution < 1.29 is 23.9 Å². The van der Waals surface area contributed by atoms with Crippen LogP contribution in [0.5, 0.6) is 0 Å². The second kappa shape index (κ2) is 7.59. The molecule has 1 N–H and O–H groups in total. The fourth-order valence-corrected chi connectivity index (χ4v) is 2.94. The number of carbonyl (C=O) groups excluding carboxylic acids is 4. The third-order valence-electron chi connectivity index (χ3n) is 4.10. The number of hydrogen-bond acceptors (Lipinski definition) is 5. The van der Waals surface area contributed by atoms with Crippen LogP contribution >= 0.6 is 11.6 Å². The van der Waals surface area contributed by atoms with Crippen LogP contribution in [-0.4, -0.2) is 42.2 Å². The minimum Gasteiger partial charge on any atom is -0.465 e. The molecule has 1 aliphatic heterocycles. The molecule has 0 atom stereocenters. The number of esters is 1. The molecule has 0 unspecified atom stereocenters. The van der Waals surface area contributed by atoms with Gasteiger partial charge >= 0.3 is 5.97 Å². The van der Waals surface area contributed by atoms with E-state index in [1.165, 1.54) is 25.3 Å². The number of benzene rings is 2. The zero-order valence-corrected chi connectivity index (χ0v) is 15.1. The summed E-state index contributed by atoms with van der Waals surface area (Å²) >= 11 is 5.93. The molecule has 0 saturated heterocycles. The second-order valence-corrected chi connectivity index (χ2v) is 6.20. The number of carbonyl (C=O) groups is 4. The number of nitrogens with zero attached hydrogens (tertiary/aromatic N) is 1. The van der Waals surface area contributed by atoms with Gasteiger partial charge in [-0.2, -0.15) is 0 Å². The SMILES string of the molecule is COC(=O)c1cc(NC(=O)CCN2C(=O)c3ccccc3C2=O)ccc1Cl. The van der Waals surface area contributed by atoms with E-state index in [1.807, 2.05) is 0 Å². The zero-order valence-electron chi connectivity index (χ0n) is 14.3. The van der Waals surface area contributed by atoms with Crippen molar-refractivity contribution in [2.75, 3.05) is 19.0 Å². The highest BCUT2D eigenvalue weighted by Crippen LogP contribution is 2.23. The maximum Gasteiger partial charge on any atom is 0.339 e. The van der Waals surface area contributed by atoms with Crippen LogP contribution in [0, 0.1) is 0 Å². The van der Waals surface area contributed by atoms with Gasteiger partial charge in [-0.05, 0) is 30.3 Å². The molecule has 1 heterocycles. The maximum atomic E-state index is 12.3. The predicted molar refractivity (Wildman–Crippen MR) is 97.8 cm³/mol. The van der Waals surface area contributed by atoms with Crippen molar-refractivity contribution in [2.45, 2.75) is 6.42 Å². The van der Waals surface area contributed by atoms with Gasteiger partial charge in [-0.15, -0.1) is 0 Å². The van der Waals surface area contributed by atoms with Gasteiger partial charge in [-0.3, -0.25) is 19.3 Å². The topological polar surface area (TPSA) is 92.8 Å². The normalized spacial score (nSPS) is 12.7. The minimum absolute atomic E-state index is 0.0460. The van der Waals surface area contributed by atoms with Crippen LogP contribution in [0.1, 0.15) is 37.5 Å². The smallest absolute Gasteiger partial charge is 0.339 e. The molecule has 0 fully saturated rings. The summed E-state index contributed by atoms with van der Waals surface area (Å²) in [7, 11) is 1.23. The summed E-state index contributed by atoms with van der Waals surface area (Å²) in [6.07, 6.45) is -0.0817. The van der Waals surface area contributed by atoms with Gasteiger partial charge in [-0.25, -0.2) is 4.79 Å². The number of rotatable bonds is 5. The van der Waals surface area contributed by atoms with Gasteiger partial charge in [0.25, 0.3) is 11.8 Å². The van der Waals surface area contributed by atoms with E-state index in [1.54, 1.807) is 24.3 Å². The molecule has 0 aliphatic carbocycles. The standard InChI is InChI=1S/C19H15ClN2O5/c1-27-19(26)14-10-11(6-7-15(14)20)21-16(23)8-9-22-17(24)12-4-2-3-5-13(12)18(22)25/h2-7,10H,8-9H2,1H3,(H,21,23). The number of hydrogen-bond donors (Lipinski definition) is 1. The van der Waals surface area contributed by atoms with Crippen LogP contribution in [-0.2, 0) is 9.53 Å². The van der Waals surface area contributed by atoms with Crippen LogP contribution in [0.4, 0.5) is 5.69 Å². The number of halogens is 1. The molecular weight excluding hydrogens is 372 g/mol. The van der Waals surface area contributed by atoms with Gasteiger partial charge in [0.15, 0.2) is 0 Å². The van der Waals surface area contributed by atoms with Crippen molar-refractivity contribution in [3.8, 4) is 0 Å². The average molecular weight is 387 g/mol. The van der Waals surface area contributed by atoms with E-state index >= 15 is 0 Å². The molecule has 1 aliphatic rings. The van der Waals surface area contributed by atoms with E-state index in [0.29, 0.717) is 16.8 Å². The van der Waals surface area contributed by atoms with Crippen LogP contribution < -0.4 is 5.32 Å². The first kappa shape index (κ1) is 18.6. The Balaban J connectivity index is 1.64. The van der Waals surface area contributed by atoms with E-state index in [9.17, 15) is 19.2 Å². The average Bonchev–Trinajstić information content (AvgIpc) is 2.92. The Morgan fingerprint density at radius 1 is 1.07 bits per heavy atom. The lowest BCUT2D eigenvalue weighted by molar-refractivity contribution is -0.116. The predicted octanol–water partition coefficient (Wildman–Crippen LogP) is 2.75. The number of nitrogens with one attached hydrogen (secondary N) is 1. The Morgan fingerprint density at radius 3 is 2.30 bits per heavy atom. The third-order valence-corrected chi connectivity index (χ3v) is 4.43. The van der Waals surface area contributed by atoms with Crippen molar-refractivity contribution in [3.05, 3.63) is 64.2 Å². The van der Waals surface area contributed by atoms with Crippen LogP contribution in [0.25, 0.3) is 0 Å². The molecule has 2 aromatic carbocycles. The van der Waals surface area contributed by atoms with E-state index < -0.39 is 23.7 Å². The quantitative estimate of drug-likeness (QED) is 0.630. The molecule has 0 saturated carbocycles. The Kier molecular flexibility index (Phi) is 5.23. The number of anilines is 1. The highest BCUT2D eigenvalue weighted by molar-refractivity contribution is 6.33. The lowest BCUT2D eigenvalue weighted by Gasteiger charge is -2.14. The largest absolute Gasteiger partial charge is 0.465 e. The van der Waals surface area contributed by atoms with Crippen molar-refractivity contribution in [3.63, 3.8) is 0 Å². The Labute approximate surface area is 159 Å². The summed E-state index contributed by atoms with van der Waals surface area (Å²) in [5.74, 6) is -1.86. The summed E-state index contributed by atoms with van der Waals surface area (Å²) < 4.78 is 4.63. The van der Waals surface area contributed by atoms with Gasteiger partial charge in [-0.1, -0.05) is 23.7 Å². The van der Waals surface area contributed by atoms with E-state index in [4.69, 9.17) is 11.6 Å². The number of amides is 3. The molecule has 2 aromatic rings. The molecule has 3 amide bonds. The second-order valence-electron chi connectivity index (χ2n) is 5.79. The van der Waals surface area contributed by atoms with Crippen LogP contribution in [0.3, 0.4) is 0 Å². The molecule has 138 valence electrons. The fourth-order valence-electron chi connectivity index (χ4n) is 2.75. The molecule has 0 aromatic heterocycles. The van der Waals surface area contributed by atoms with Crippen LogP contribution in [0.2, 0.25) is 5.02 Å². The van der Waals surface area contributed by atoms with Gasteiger partial charge in [0, 0.05) is 18.7 Å². The summed E-state index contributed by atoms with van der Waals surface area (Å²) in [4.78, 5) is 49.4. The first-order valence-corrected chi connectivity index (χ1v) is 8.43. The van der Waals surface area contributed by atoms with Crippen LogP contribution in [0.15, 0.2) is 42.5 Å². The fraction of sp³-hybridized carbons (Fsp3) is 0.158. The number of ether oxygens (including phenoxy) is 1. The van der Waals surface area contributed by atoms with Crippen molar-refractivity contribution in [1.82, 2.24) is 4.90 Å². The summed E-state index contributed by atoms with van der Waals surface area (Å²) in [5, 5.41) is 2.81. The number of fused-ring (bicyclic) bond motifs is 1. The molecule has 0 radical (unpaired) electrons. The molecule has 3 rings (SSSR count). The highest BCUT2D eigenvalue weighted by Gasteiger charge is 2.34. The molecule has 0 bridgehead atoms. The number of imide groups is 1. The molecular formula is C19H15ClN2O5. The lowest BCUT2D eigenvalue weighted by atomic mass is 10.1. The molecule has 0 spiro atoms. The zero-order chi connectivity index (χ0) is 19.6. The van der Waals surface area contributed by atoms with Crippen molar-refractivity contribution in [1.29, 1.82) is 0 Å². The lowest BCUT2D eigenvalue weighted by Crippen LogP contribution is -2.32. The Morgan fingerprint density at radius 2 is 1.70 bits per heavy atom.